The quantitative estimate of drug-likeness (QED) is 0.363. The molecule has 150 valence electrons. The van der Waals surface area contributed by atoms with E-state index in [0.29, 0.717) is 6.10 Å². The predicted octanol–water partition coefficient (Wildman–Crippen LogP) is 3.45. The highest BCUT2D eigenvalue weighted by atomic mass is 32.2. The van der Waals surface area contributed by atoms with E-state index in [0.717, 1.165) is 64.7 Å². The molecule has 2 fully saturated rings. The Balaban J connectivity index is 1.37. The Bertz CT molecular complexity index is 572. The van der Waals surface area contributed by atoms with Gasteiger partial charge in [-0.15, -0.1) is 11.8 Å². The van der Waals surface area contributed by atoms with Crippen LogP contribution in [0.25, 0.3) is 0 Å². The number of rotatable bonds is 10. The van der Waals surface area contributed by atoms with E-state index in [-0.39, 0.29) is 4.75 Å². The van der Waals surface area contributed by atoms with E-state index in [1.807, 2.05) is 11.8 Å². The van der Waals surface area contributed by atoms with Gasteiger partial charge in [0.1, 0.15) is 0 Å². The molecule has 3 rings (SSSR count). The van der Waals surface area contributed by atoms with Crippen LogP contribution in [0.15, 0.2) is 40.2 Å². The summed E-state index contributed by atoms with van der Waals surface area (Å²) < 4.78 is 11.6. The fourth-order valence-electron chi connectivity index (χ4n) is 3.11. The molecule has 1 aromatic carbocycles. The van der Waals surface area contributed by atoms with Gasteiger partial charge in [-0.2, -0.15) is 0 Å². The predicted molar refractivity (Wildman–Crippen MR) is 113 cm³/mol. The second-order valence-corrected chi connectivity index (χ2v) is 8.80. The van der Waals surface area contributed by atoms with E-state index in [9.17, 15) is 0 Å². The van der Waals surface area contributed by atoms with E-state index < -0.39 is 0 Å². The molecule has 0 radical (unpaired) electrons. The molecular formula is C21H33N3O2S. The standard InChI is InChI=1S/C21H33N3O2S/c1-2-22-20(23-13-6-14-26-18-9-15-25-16-10-18)24-17-21(11-12-21)27-19-7-4-3-5-8-19/h3-5,7-8,18H,2,6,9-17H2,1H3,(H2,22,23,24). The van der Waals surface area contributed by atoms with Crippen LogP contribution in [0.4, 0.5) is 0 Å². The maximum absolute atomic E-state index is 5.93. The molecule has 1 saturated heterocycles. The Morgan fingerprint density at radius 2 is 2.00 bits per heavy atom. The van der Waals surface area contributed by atoms with Crippen molar-refractivity contribution in [3.8, 4) is 0 Å². The first kappa shape index (κ1) is 20.5. The molecule has 5 nitrogen and oxygen atoms in total. The van der Waals surface area contributed by atoms with Crippen molar-refractivity contribution >= 4 is 17.7 Å². The molecule has 0 aromatic heterocycles. The van der Waals surface area contributed by atoms with E-state index in [4.69, 9.17) is 14.5 Å². The Kier molecular flexibility index (Phi) is 8.30. The van der Waals surface area contributed by atoms with E-state index in [2.05, 4.69) is 47.9 Å². The van der Waals surface area contributed by atoms with Crippen LogP contribution in [0.3, 0.4) is 0 Å². The van der Waals surface area contributed by atoms with Gasteiger partial charge in [0.15, 0.2) is 5.96 Å². The maximum atomic E-state index is 5.93. The largest absolute Gasteiger partial charge is 0.381 e. The summed E-state index contributed by atoms with van der Waals surface area (Å²) in [4.78, 5) is 6.19. The lowest BCUT2D eigenvalue weighted by Crippen LogP contribution is -2.38. The number of nitrogens with zero attached hydrogens (tertiary/aromatic N) is 1. The van der Waals surface area contributed by atoms with Gasteiger partial charge in [-0.05, 0) is 51.2 Å². The zero-order valence-electron chi connectivity index (χ0n) is 16.4. The normalized spacial score (nSPS) is 19.7. The third-order valence-electron chi connectivity index (χ3n) is 4.89. The van der Waals surface area contributed by atoms with Crippen molar-refractivity contribution in [1.29, 1.82) is 0 Å². The molecule has 0 bridgehead atoms. The number of hydrogen-bond acceptors (Lipinski definition) is 4. The zero-order valence-corrected chi connectivity index (χ0v) is 17.2. The zero-order chi connectivity index (χ0) is 18.8. The molecule has 1 aliphatic heterocycles. The summed E-state index contributed by atoms with van der Waals surface area (Å²) in [6.45, 7) is 7.20. The van der Waals surface area contributed by atoms with Crippen LogP contribution in [0.5, 0.6) is 0 Å². The first-order valence-corrected chi connectivity index (χ1v) is 11.1. The van der Waals surface area contributed by atoms with Crippen LogP contribution in [0, 0.1) is 0 Å². The highest BCUT2D eigenvalue weighted by Crippen LogP contribution is 2.51. The Morgan fingerprint density at radius 3 is 2.70 bits per heavy atom. The first-order valence-electron chi connectivity index (χ1n) is 10.3. The minimum atomic E-state index is 0.288. The second-order valence-electron chi connectivity index (χ2n) is 7.26. The number of ether oxygens (including phenoxy) is 2. The second kappa shape index (κ2) is 10.9. The number of hydrogen-bond donors (Lipinski definition) is 2. The van der Waals surface area contributed by atoms with E-state index in [1.165, 1.54) is 17.7 Å². The van der Waals surface area contributed by atoms with Crippen molar-refractivity contribution in [3.05, 3.63) is 30.3 Å². The molecule has 2 aliphatic rings. The van der Waals surface area contributed by atoms with Crippen LogP contribution in [-0.4, -0.2) is 56.3 Å². The molecule has 1 saturated carbocycles. The van der Waals surface area contributed by atoms with Gasteiger partial charge in [0.25, 0.3) is 0 Å². The molecule has 1 aliphatic carbocycles. The summed E-state index contributed by atoms with van der Waals surface area (Å²) in [5.74, 6) is 0.920. The topological polar surface area (TPSA) is 54.9 Å². The van der Waals surface area contributed by atoms with Crippen LogP contribution >= 0.6 is 11.8 Å². The van der Waals surface area contributed by atoms with Crippen LogP contribution < -0.4 is 10.6 Å². The first-order chi connectivity index (χ1) is 13.3. The fraction of sp³-hybridized carbons (Fsp3) is 0.667. The average Bonchev–Trinajstić information content (AvgIpc) is 3.47. The van der Waals surface area contributed by atoms with Crippen molar-refractivity contribution < 1.29 is 9.47 Å². The van der Waals surface area contributed by atoms with Gasteiger partial charge < -0.3 is 20.1 Å². The Morgan fingerprint density at radius 1 is 1.22 bits per heavy atom. The molecule has 0 unspecified atom stereocenters. The lowest BCUT2D eigenvalue weighted by Gasteiger charge is -2.22. The van der Waals surface area contributed by atoms with Gasteiger partial charge in [-0.1, -0.05) is 18.2 Å². The van der Waals surface area contributed by atoms with Gasteiger partial charge in [0, 0.05) is 42.6 Å². The smallest absolute Gasteiger partial charge is 0.191 e. The van der Waals surface area contributed by atoms with Crippen molar-refractivity contribution in [2.45, 2.75) is 54.8 Å². The number of benzene rings is 1. The van der Waals surface area contributed by atoms with Crippen molar-refractivity contribution in [2.24, 2.45) is 4.99 Å². The summed E-state index contributed by atoms with van der Waals surface area (Å²) in [6.07, 6.45) is 5.91. The summed E-state index contributed by atoms with van der Waals surface area (Å²) in [7, 11) is 0. The Labute approximate surface area is 167 Å². The molecule has 2 N–H and O–H groups in total. The third-order valence-corrected chi connectivity index (χ3v) is 6.37. The molecule has 1 heterocycles. The summed E-state index contributed by atoms with van der Waals surface area (Å²) >= 11 is 1.97. The summed E-state index contributed by atoms with van der Waals surface area (Å²) in [5.41, 5.74) is 0. The van der Waals surface area contributed by atoms with Gasteiger partial charge in [-0.3, -0.25) is 4.99 Å². The molecule has 6 heteroatoms. The number of guanidine groups is 1. The van der Waals surface area contributed by atoms with E-state index in [1.54, 1.807) is 0 Å². The summed E-state index contributed by atoms with van der Waals surface area (Å²) in [6, 6.07) is 10.7. The lowest BCUT2D eigenvalue weighted by molar-refractivity contribution is -0.0320. The van der Waals surface area contributed by atoms with Crippen molar-refractivity contribution in [1.82, 2.24) is 10.6 Å². The molecule has 0 spiro atoms. The lowest BCUT2D eigenvalue weighted by atomic mass is 10.1. The van der Waals surface area contributed by atoms with Crippen LogP contribution in [-0.2, 0) is 9.47 Å². The Hall–Kier alpha value is -1.24. The molecule has 0 amide bonds. The number of nitrogens with one attached hydrogen (secondary N) is 2. The SMILES string of the molecule is CCNC(=NCC1(Sc2ccccc2)CC1)NCCCOC1CCOCC1. The minimum absolute atomic E-state index is 0.288. The minimum Gasteiger partial charge on any atom is -0.381 e. The van der Waals surface area contributed by atoms with Crippen LogP contribution in [0.2, 0.25) is 0 Å². The van der Waals surface area contributed by atoms with Crippen molar-refractivity contribution in [2.75, 3.05) is 39.5 Å². The fourth-order valence-corrected chi connectivity index (χ4v) is 4.34. The molecule has 0 atom stereocenters. The van der Waals surface area contributed by atoms with Gasteiger partial charge in [-0.25, -0.2) is 0 Å². The van der Waals surface area contributed by atoms with Gasteiger partial charge in [0.2, 0.25) is 0 Å². The van der Waals surface area contributed by atoms with Gasteiger partial charge in [0.05, 0.1) is 12.6 Å². The number of thioether (sulfide) groups is 1. The summed E-state index contributed by atoms with van der Waals surface area (Å²) in [5, 5.41) is 6.81. The molecule has 27 heavy (non-hydrogen) atoms. The maximum Gasteiger partial charge on any atom is 0.191 e. The highest BCUT2D eigenvalue weighted by molar-refractivity contribution is 8.01. The van der Waals surface area contributed by atoms with E-state index >= 15 is 0 Å². The van der Waals surface area contributed by atoms with Crippen LogP contribution in [0.1, 0.15) is 39.0 Å². The molecular weight excluding hydrogens is 358 g/mol. The number of aliphatic imine (C=N–C) groups is 1. The molecule has 1 aromatic rings. The average molecular weight is 392 g/mol. The monoisotopic (exact) mass is 391 g/mol. The highest BCUT2D eigenvalue weighted by Gasteiger charge is 2.43. The third kappa shape index (κ3) is 7.35. The van der Waals surface area contributed by atoms with Gasteiger partial charge >= 0.3 is 0 Å². The van der Waals surface area contributed by atoms with Crippen molar-refractivity contribution in [3.63, 3.8) is 0 Å².